The standard InChI is InChI=1S/C12H20N2O5S/c1-3-4-5-10(7-13)14-20(16,17)11-6-9(8-19-11)12(15)18-2/h6,8,10,14H,3-5,7,13H2,1-2H3. The van der Waals surface area contributed by atoms with E-state index >= 15 is 0 Å². The zero-order valence-corrected chi connectivity index (χ0v) is 12.4. The van der Waals surface area contributed by atoms with Gasteiger partial charge in [-0.15, -0.1) is 0 Å². The van der Waals surface area contributed by atoms with Crippen LogP contribution in [0.2, 0.25) is 0 Å². The molecule has 1 atom stereocenters. The molecule has 1 aromatic heterocycles. The molecule has 3 N–H and O–H groups in total. The van der Waals surface area contributed by atoms with Gasteiger partial charge in [-0.25, -0.2) is 17.9 Å². The summed E-state index contributed by atoms with van der Waals surface area (Å²) in [6.07, 6.45) is 3.52. The zero-order chi connectivity index (χ0) is 15.2. The van der Waals surface area contributed by atoms with Gasteiger partial charge >= 0.3 is 5.97 Å². The number of nitrogens with two attached hydrogens (primary N) is 1. The Morgan fingerprint density at radius 3 is 2.80 bits per heavy atom. The van der Waals surface area contributed by atoms with Crippen molar-refractivity contribution in [2.24, 2.45) is 5.73 Å². The number of unbranched alkanes of at least 4 members (excludes halogenated alkanes) is 1. The number of rotatable bonds is 8. The van der Waals surface area contributed by atoms with Gasteiger partial charge in [0.15, 0.2) is 0 Å². The first-order valence-corrected chi connectivity index (χ1v) is 7.82. The molecule has 0 bridgehead atoms. The lowest BCUT2D eigenvalue weighted by molar-refractivity contribution is 0.0600. The average Bonchev–Trinajstić information content (AvgIpc) is 2.93. The third-order valence-electron chi connectivity index (χ3n) is 2.77. The van der Waals surface area contributed by atoms with E-state index in [2.05, 4.69) is 9.46 Å². The van der Waals surface area contributed by atoms with Crippen molar-refractivity contribution in [1.29, 1.82) is 0 Å². The first kappa shape index (κ1) is 16.7. The molecule has 0 aromatic carbocycles. The number of ether oxygens (including phenoxy) is 1. The highest BCUT2D eigenvalue weighted by Crippen LogP contribution is 2.15. The number of hydrogen-bond acceptors (Lipinski definition) is 6. The molecule has 8 heteroatoms. The SMILES string of the molecule is CCCCC(CN)NS(=O)(=O)c1cc(C(=O)OC)co1. The fourth-order valence-corrected chi connectivity index (χ4v) is 2.86. The Balaban J connectivity index is 2.82. The molecule has 114 valence electrons. The van der Waals surface area contributed by atoms with Crippen LogP contribution < -0.4 is 10.5 Å². The Morgan fingerprint density at radius 1 is 1.55 bits per heavy atom. The summed E-state index contributed by atoms with van der Waals surface area (Å²) in [5.74, 6) is -0.656. The molecule has 1 unspecified atom stereocenters. The van der Waals surface area contributed by atoms with E-state index in [1.165, 1.54) is 7.11 Å². The van der Waals surface area contributed by atoms with Crippen LogP contribution in [-0.4, -0.2) is 34.1 Å². The van der Waals surface area contributed by atoms with Crippen LogP contribution in [0.5, 0.6) is 0 Å². The minimum Gasteiger partial charge on any atom is -0.465 e. The summed E-state index contributed by atoms with van der Waals surface area (Å²) >= 11 is 0. The maximum atomic E-state index is 12.1. The lowest BCUT2D eigenvalue weighted by Crippen LogP contribution is -2.39. The predicted molar refractivity (Wildman–Crippen MR) is 72.7 cm³/mol. The Kier molecular flexibility index (Phi) is 6.18. The monoisotopic (exact) mass is 304 g/mol. The number of carbonyl (C=O) groups is 1. The molecule has 0 radical (unpaired) electrons. The van der Waals surface area contributed by atoms with E-state index < -0.39 is 16.0 Å². The van der Waals surface area contributed by atoms with Crippen LogP contribution >= 0.6 is 0 Å². The van der Waals surface area contributed by atoms with E-state index in [1.54, 1.807) is 0 Å². The van der Waals surface area contributed by atoms with E-state index in [0.717, 1.165) is 25.2 Å². The number of sulfonamides is 1. The van der Waals surface area contributed by atoms with Crippen molar-refractivity contribution in [3.63, 3.8) is 0 Å². The molecule has 0 saturated carbocycles. The summed E-state index contributed by atoms with van der Waals surface area (Å²) < 4.78 is 36.0. The highest BCUT2D eigenvalue weighted by Gasteiger charge is 2.24. The number of methoxy groups -OCH3 is 1. The second-order valence-corrected chi connectivity index (χ2v) is 5.99. The van der Waals surface area contributed by atoms with Crippen molar-refractivity contribution in [3.8, 4) is 0 Å². The van der Waals surface area contributed by atoms with Gasteiger partial charge < -0.3 is 14.9 Å². The van der Waals surface area contributed by atoms with Crippen LogP contribution in [0.4, 0.5) is 0 Å². The predicted octanol–water partition coefficient (Wildman–Crippen LogP) is 0.862. The molecule has 7 nitrogen and oxygen atoms in total. The highest BCUT2D eigenvalue weighted by molar-refractivity contribution is 7.89. The summed E-state index contributed by atoms with van der Waals surface area (Å²) in [6, 6.07) is 0.772. The molecule has 20 heavy (non-hydrogen) atoms. The van der Waals surface area contributed by atoms with E-state index in [1.807, 2.05) is 6.92 Å². The van der Waals surface area contributed by atoms with Gasteiger partial charge in [0.1, 0.15) is 6.26 Å². The molecule has 0 fully saturated rings. The second kappa shape index (κ2) is 7.41. The van der Waals surface area contributed by atoms with E-state index in [4.69, 9.17) is 10.2 Å². The first-order valence-electron chi connectivity index (χ1n) is 6.33. The van der Waals surface area contributed by atoms with Crippen LogP contribution in [0.25, 0.3) is 0 Å². The molecule has 0 saturated heterocycles. The number of hydrogen-bond donors (Lipinski definition) is 2. The molecule has 0 spiro atoms. The third kappa shape index (κ3) is 4.32. The molecule has 1 heterocycles. The Morgan fingerprint density at radius 2 is 2.25 bits per heavy atom. The molecule has 0 amide bonds. The average molecular weight is 304 g/mol. The smallest absolute Gasteiger partial charge is 0.341 e. The first-order chi connectivity index (χ1) is 9.44. The van der Waals surface area contributed by atoms with Gasteiger partial charge in [0.05, 0.1) is 12.7 Å². The van der Waals surface area contributed by atoms with Crippen molar-refractivity contribution in [3.05, 3.63) is 17.9 Å². The van der Waals surface area contributed by atoms with Crippen molar-refractivity contribution in [1.82, 2.24) is 4.72 Å². The lowest BCUT2D eigenvalue weighted by atomic mass is 10.1. The summed E-state index contributed by atoms with van der Waals surface area (Å²) in [5, 5.41) is -0.326. The van der Waals surface area contributed by atoms with Gasteiger partial charge in [-0.2, -0.15) is 0 Å². The van der Waals surface area contributed by atoms with Crippen LogP contribution in [0.15, 0.2) is 21.8 Å². The molecule has 0 aliphatic carbocycles. The largest absolute Gasteiger partial charge is 0.465 e. The van der Waals surface area contributed by atoms with Crippen LogP contribution in [0.1, 0.15) is 36.5 Å². The van der Waals surface area contributed by atoms with Crippen molar-refractivity contribution in [2.75, 3.05) is 13.7 Å². The fourth-order valence-electron chi connectivity index (χ4n) is 1.64. The van der Waals surface area contributed by atoms with E-state index in [-0.39, 0.29) is 23.2 Å². The van der Waals surface area contributed by atoms with Crippen molar-refractivity contribution < 1.29 is 22.4 Å². The van der Waals surface area contributed by atoms with Gasteiger partial charge in [0.25, 0.3) is 10.0 Å². The quantitative estimate of drug-likeness (QED) is 0.689. The summed E-state index contributed by atoms with van der Waals surface area (Å²) in [5.41, 5.74) is 5.59. The summed E-state index contributed by atoms with van der Waals surface area (Å²) in [4.78, 5) is 11.3. The minimum atomic E-state index is -3.83. The Labute approximate surface area is 118 Å². The minimum absolute atomic E-state index is 0.0470. The van der Waals surface area contributed by atoms with Crippen LogP contribution in [-0.2, 0) is 14.8 Å². The van der Waals surface area contributed by atoms with Gasteiger partial charge in [-0.05, 0) is 6.42 Å². The number of nitrogens with one attached hydrogen (secondary N) is 1. The lowest BCUT2D eigenvalue weighted by Gasteiger charge is -2.15. The fraction of sp³-hybridized carbons (Fsp3) is 0.583. The third-order valence-corrected chi connectivity index (χ3v) is 4.16. The molecular formula is C12H20N2O5S. The zero-order valence-electron chi connectivity index (χ0n) is 11.6. The normalized spacial score (nSPS) is 13.2. The van der Waals surface area contributed by atoms with E-state index in [9.17, 15) is 13.2 Å². The molecule has 0 aliphatic rings. The number of esters is 1. The van der Waals surface area contributed by atoms with E-state index in [0.29, 0.717) is 6.42 Å². The van der Waals surface area contributed by atoms with Crippen molar-refractivity contribution >= 4 is 16.0 Å². The van der Waals surface area contributed by atoms with Gasteiger partial charge in [0, 0.05) is 18.7 Å². The Bertz CT molecular complexity index is 538. The van der Waals surface area contributed by atoms with Crippen molar-refractivity contribution in [2.45, 2.75) is 37.3 Å². The van der Waals surface area contributed by atoms with Crippen LogP contribution in [0, 0.1) is 0 Å². The second-order valence-electron chi connectivity index (χ2n) is 4.34. The molecule has 1 aromatic rings. The number of carbonyl (C=O) groups excluding carboxylic acids is 1. The maximum Gasteiger partial charge on any atom is 0.341 e. The van der Waals surface area contributed by atoms with Crippen LogP contribution in [0.3, 0.4) is 0 Å². The molecule has 1 rings (SSSR count). The summed E-state index contributed by atoms with van der Waals surface area (Å²) in [6.45, 7) is 2.21. The van der Waals surface area contributed by atoms with Gasteiger partial charge in [-0.1, -0.05) is 19.8 Å². The topological polar surface area (TPSA) is 112 Å². The molecular weight excluding hydrogens is 284 g/mol. The van der Waals surface area contributed by atoms with Gasteiger partial charge in [0.2, 0.25) is 5.09 Å². The molecule has 0 aliphatic heterocycles. The van der Waals surface area contributed by atoms with Gasteiger partial charge in [-0.3, -0.25) is 0 Å². The highest BCUT2D eigenvalue weighted by atomic mass is 32.2. The number of furan rings is 1. The maximum absolute atomic E-state index is 12.1. The Hall–Kier alpha value is -1.38. The summed E-state index contributed by atoms with van der Waals surface area (Å²) in [7, 11) is -2.62.